The highest BCUT2D eigenvalue weighted by Gasteiger charge is 2.54. The number of benzene rings is 1. The molecule has 1 aromatic heterocycles. The zero-order chi connectivity index (χ0) is 20.5. The van der Waals surface area contributed by atoms with Crippen LogP contribution in [0.3, 0.4) is 0 Å². The van der Waals surface area contributed by atoms with Crippen LogP contribution in [-0.4, -0.2) is 37.8 Å². The van der Waals surface area contributed by atoms with Crippen molar-refractivity contribution in [3.8, 4) is 17.6 Å². The SMILES string of the molecule is Cc1c(-n2c(O)c3n(c2=O)[C@@H]2CC3N(C(=O)C(F)(F)F)C2)ccc(C#N)c1Cl. The van der Waals surface area contributed by atoms with Crippen LogP contribution in [0.15, 0.2) is 16.9 Å². The van der Waals surface area contributed by atoms with Gasteiger partial charge in [-0.1, -0.05) is 11.6 Å². The lowest BCUT2D eigenvalue weighted by molar-refractivity contribution is -0.187. The number of alkyl halides is 3. The molecular formula is C17H12ClF3N4O3. The van der Waals surface area contributed by atoms with E-state index in [1.165, 1.54) is 16.7 Å². The van der Waals surface area contributed by atoms with Crippen LogP contribution in [0.5, 0.6) is 5.88 Å². The molecular weight excluding hydrogens is 401 g/mol. The number of fused-ring (bicyclic) bond motifs is 5. The van der Waals surface area contributed by atoms with Gasteiger partial charge in [-0.25, -0.2) is 9.36 Å². The summed E-state index contributed by atoms with van der Waals surface area (Å²) in [6.45, 7) is 1.30. The van der Waals surface area contributed by atoms with Gasteiger partial charge >= 0.3 is 17.8 Å². The van der Waals surface area contributed by atoms with Gasteiger partial charge in [0.05, 0.1) is 28.4 Å². The second kappa shape index (κ2) is 5.78. The molecule has 1 saturated heterocycles. The summed E-state index contributed by atoms with van der Waals surface area (Å²) in [5.41, 5.74) is 0.0883. The lowest BCUT2D eigenvalue weighted by atomic mass is 10.1. The van der Waals surface area contributed by atoms with Crippen molar-refractivity contribution in [2.45, 2.75) is 31.6 Å². The van der Waals surface area contributed by atoms with Crippen LogP contribution in [0.1, 0.15) is 35.3 Å². The molecule has 2 atom stereocenters. The molecule has 146 valence electrons. The number of hydrogen-bond acceptors (Lipinski definition) is 4. The molecule has 0 spiro atoms. The molecule has 11 heteroatoms. The number of rotatable bonds is 1. The van der Waals surface area contributed by atoms with Gasteiger partial charge in [-0.3, -0.25) is 9.36 Å². The van der Waals surface area contributed by atoms with E-state index in [1.807, 2.05) is 6.07 Å². The Labute approximate surface area is 160 Å². The predicted octanol–water partition coefficient (Wildman–Crippen LogP) is 2.57. The number of likely N-dealkylation sites (tertiary alicyclic amines) is 1. The molecule has 4 rings (SSSR count). The van der Waals surface area contributed by atoms with Crippen LogP contribution < -0.4 is 5.69 Å². The molecule has 2 aliphatic rings. The lowest BCUT2D eigenvalue weighted by Crippen LogP contribution is -2.44. The third kappa shape index (κ3) is 2.29. The minimum absolute atomic E-state index is 0.0290. The average molecular weight is 413 g/mol. The zero-order valence-corrected chi connectivity index (χ0v) is 15.0. The fourth-order valence-electron chi connectivity index (χ4n) is 4.05. The topological polar surface area (TPSA) is 91.3 Å². The summed E-state index contributed by atoms with van der Waals surface area (Å²) < 4.78 is 40.7. The first-order valence-corrected chi connectivity index (χ1v) is 8.59. The first-order chi connectivity index (χ1) is 13.1. The van der Waals surface area contributed by atoms with Crippen LogP contribution in [0.4, 0.5) is 13.2 Å². The Morgan fingerprint density at radius 1 is 1.39 bits per heavy atom. The van der Waals surface area contributed by atoms with Crippen molar-refractivity contribution in [3.63, 3.8) is 0 Å². The van der Waals surface area contributed by atoms with Crippen LogP contribution >= 0.6 is 11.6 Å². The number of aromatic hydroxyl groups is 1. The van der Waals surface area contributed by atoms with Gasteiger partial charge in [-0.2, -0.15) is 18.4 Å². The highest BCUT2D eigenvalue weighted by molar-refractivity contribution is 6.32. The highest BCUT2D eigenvalue weighted by Crippen LogP contribution is 2.49. The molecule has 0 aliphatic carbocycles. The van der Waals surface area contributed by atoms with E-state index in [1.54, 1.807) is 6.92 Å². The largest absolute Gasteiger partial charge is 0.493 e. The molecule has 2 aliphatic heterocycles. The molecule has 1 amide bonds. The van der Waals surface area contributed by atoms with Gasteiger partial charge in [0, 0.05) is 6.54 Å². The number of amides is 1. The summed E-state index contributed by atoms with van der Waals surface area (Å²) >= 11 is 6.13. The van der Waals surface area contributed by atoms with Gasteiger partial charge in [0.2, 0.25) is 5.88 Å². The molecule has 0 saturated carbocycles. The quantitative estimate of drug-likeness (QED) is 0.779. The zero-order valence-electron chi connectivity index (χ0n) is 14.3. The Balaban J connectivity index is 1.86. The van der Waals surface area contributed by atoms with E-state index < -0.39 is 35.7 Å². The number of hydrogen-bond donors (Lipinski definition) is 1. The summed E-state index contributed by atoms with van der Waals surface area (Å²) in [7, 11) is 0. The number of carbonyl (C=O) groups excluding carboxylic acids is 1. The first-order valence-electron chi connectivity index (χ1n) is 8.21. The summed E-state index contributed by atoms with van der Waals surface area (Å²) in [5.74, 6) is -2.54. The van der Waals surface area contributed by atoms with Gasteiger partial charge in [0.1, 0.15) is 11.8 Å². The fourth-order valence-corrected chi connectivity index (χ4v) is 4.26. The highest BCUT2D eigenvalue weighted by atomic mass is 35.5. The van der Waals surface area contributed by atoms with Crippen molar-refractivity contribution in [2.75, 3.05) is 6.54 Å². The van der Waals surface area contributed by atoms with E-state index in [2.05, 4.69) is 0 Å². The van der Waals surface area contributed by atoms with E-state index in [-0.39, 0.29) is 34.9 Å². The Morgan fingerprint density at radius 2 is 2.07 bits per heavy atom. The van der Waals surface area contributed by atoms with Gasteiger partial charge in [-0.05, 0) is 31.0 Å². The number of imidazole rings is 1. The third-order valence-corrected chi connectivity index (χ3v) is 5.77. The van der Waals surface area contributed by atoms with Crippen molar-refractivity contribution in [1.29, 1.82) is 5.26 Å². The molecule has 1 N–H and O–H groups in total. The molecule has 2 bridgehead atoms. The van der Waals surface area contributed by atoms with Crippen molar-refractivity contribution < 1.29 is 23.1 Å². The van der Waals surface area contributed by atoms with E-state index >= 15 is 0 Å². The molecule has 1 fully saturated rings. The van der Waals surface area contributed by atoms with E-state index in [9.17, 15) is 27.9 Å². The van der Waals surface area contributed by atoms with Crippen molar-refractivity contribution in [3.05, 3.63) is 44.5 Å². The number of aromatic nitrogens is 2. The van der Waals surface area contributed by atoms with Crippen molar-refractivity contribution in [2.24, 2.45) is 0 Å². The number of carbonyl (C=O) groups is 1. The Kier molecular flexibility index (Phi) is 3.81. The number of nitriles is 1. The average Bonchev–Trinajstić information content (AvgIpc) is 3.28. The predicted molar refractivity (Wildman–Crippen MR) is 90.3 cm³/mol. The van der Waals surface area contributed by atoms with Gasteiger partial charge in [0.15, 0.2) is 0 Å². The van der Waals surface area contributed by atoms with E-state index in [0.29, 0.717) is 10.5 Å². The lowest BCUT2D eigenvalue weighted by Gasteiger charge is -2.28. The second-order valence-corrected chi connectivity index (χ2v) is 7.12. The smallest absolute Gasteiger partial charge is 0.471 e. The Morgan fingerprint density at radius 3 is 2.68 bits per heavy atom. The summed E-state index contributed by atoms with van der Waals surface area (Å²) in [6, 6.07) is 3.02. The molecule has 3 heterocycles. The van der Waals surface area contributed by atoms with Gasteiger partial charge in [-0.15, -0.1) is 0 Å². The number of nitrogens with zero attached hydrogens (tertiary/aromatic N) is 4. The first kappa shape index (κ1) is 18.4. The van der Waals surface area contributed by atoms with Gasteiger partial charge in [0.25, 0.3) is 0 Å². The molecule has 7 nitrogen and oxygen atoms in total. The second-order valence-electron chi connectivity index (χ2n) is 6.74. The maximum absolute atomic E-state index is 12.9. The normalized spacial score (nSPS) is 20.4. The Hall–Kier alpha value is -2.93. The minimum Gasteiger partial charge on any atom is -0.493 e. The summed E-state index contributed by atoms with van der Waals surface area (Å²) in [6.07, 6.45) is -4.90. The van der Waals surface area contributed by atoms with Crippen LogP contribution in [0, 0.1) is 18.3 Å². The molecule has 28 heavy (non-hydrogen) atoms. The van der Waals surface area contributed by atoms with Crippen LogP contribution in [-0.2, 0) is 4.79 Å². The summed E-state index contributed by atoms with van der Waals surface area (Å²) in [5, 5.41) is 19.8. The number of halogens is 4. The minimum atomic E-state index is -5.04. The fraction of sp³-hybridized carbons (Fsp3) is 0.353. The standard InChI is InChI=1S/C17H12ClF3N4O3/c1-7-10(3-2-8(5-22)12(7)18)25-14(26)13-11-4-9(24(13)16(25)28)6-23(11)15(27)17(19,20)21/h2-3,9,11,26H,4,6H2,1H3/t9-,11?/m1/s1. The van der Waals surface area contributed by atoms with Crippen LogP contribution in [0.25, 0.3) is 5.69 Å². The molecule has 0 radical (unpaired) electrons. The maximum atomic E-state index is 12.9. The monoisotopic (exact) mass is 412 g/mol. The van der Waals surface area contributed by atoms with Crippen molar-refractivity contribution in [1.82, 2.24) is 14.0 Å². The molecule has 1 aromatic carbocycles. The van der Waals surface area contributed by atoms with Crippen LogP contribution in [0.2, 0.25) is 5.02 Å². The van der Waals surface area contributed by atoms with Gasteiger partial charge < -0.3 is 10.0 Å². The van der Waals surface area contributed by atoms with Crippen molar-refractivity contribution >= 4 is 17.5 Å². The van der Waals surface area contributed by atoms with E-state index in [4.69, 9.17) is 16.9 Å². The van der Waals surface area contributed by atoms with E-state index in [0.717, 1.165) is 4.57 Å². The Bertz CT molecular complexity index is 1130. The maximum Gasteiger partial charge on any atom is 0.471 e. The summed E-state index contributed by atoms with van der Waals surface area (Å²) in [4.78, 5) is 25.2. The third-order valence-electron chi connectivity index (χ3n) is 5.28. The molecule has 2 aromatic rings. The molecule has 1 unspecified atom stereocenters.